The molecule has 0 unspecified atom stereocenters. The second-order valence-electron chi connectivity index (χ2n) is 6.80. The van der Waals surface area contributed by atoms with Crippen LogP contribution >= 0.6 is 38.5 Å². The average Bonchev–Trinajstić information content (AvgIpc) is 3.17. The number of nitrogens with one attached hydrogen (secondary N) is 1. The Bertz CT molecular complexity index is 1410. The van der Waals surface area contributed by atoms with Crippen LogP contribution in [0.4, 0.5) is 5.69 Å². The number of carbonyl (C=O) groups excluding carboxylic acids is 1. The van der Waals surface area contributed by atoms with Crippen molar-refractivity contribution in [3.05, 3.63) is 92.5 Å². The predicted octanol–water partition coefficient (Wildman–Crippen LogP) is 7.27. The van der Waals surface area contributed by atoms with Crippen LogP contribution in [0, 0.1) is 3.57 Å². The van der Waals surface area contributed by atoms with Crippen molar-refractivity contribution in [2.45, 2.75) is 0 Å². The first kappa shape index (κ1) is 19.3. The van der Waals surface area contributed by atoms with Crippen molar-refractivity contribution in [1.82, 2.24) is 4.98 Å². The van der Waals surface area contributed by atoms with Crippen LogP contribution in [0.15, 0.2) is 87.8 Å². The number of aromatic nitrogens is 1. The van der Waals surface area contributed by atoms with Crippen LogP contribution in [0.5, 0.6) is 0 Å². The topological polar surface area (TPSA) is 55.1 Å². The van der Waals surface area contributed by atoms with Crippen molar-refractivity contribution in [2.24, 2.45) is 0 Å². The minimum Gasteiger partial charge on any atom is -0.436 e. The Morgan fingerprint density at radius 1 is 0.933 bits per heavy atom. The summed E-state index contributed by atoms with van der Waals surface area (Å²) < 4.78 is 8.13. The number of hydrogen-bond acceptors (Lipinski definition) is 3. The number of oxazole rings is 1. The number of benzene rings is 4. The Balaban J connectivity index is 1.50. The maximum Gasteiger partial charge on any atom is 0.255 e. The van der Waals surface area contributed by atoms with Gasteiger partial charge in [-0.1, -0.05) is 40.2 Å². The van der Waals surface area contributed by atoms with Gasteiger partial charge in [-0.05, 0) is 88.0 Å². The van der Waals surface area contributed by atoms with E-state index in [-0.39, 0.29) is 5.91 Å². The van der Waals surface area contributed by atoms with Crippen LogP contribution in [-0.2, 0) is 0 Å². The summed E-state index contributed by atoms with van der Waals surface area (Å²) in [6.07, 6.45) is 0. The molecule has 4 nitrogen and oxygen atoms in total. The summed E-state index contributed by atoms with van der Waals surface area (Å²) in [4.78, 5) is 17.2. The van der Waals surface area contributed by atoms with Gasteiger partial charge in [0.15, 0.2) is 5.58 Å². The lowest BCUT2D eigenvalue weighted by Crippen LogP contribution is -2.11. The third kappa shape index (κ3) is 3.61. The van der Waals surface area contributed by atoms with Gasteiger partial charge in [0.2, 0.25) is 5.89 Å². The van der Waals surface area contributed by atoms with Gasteiger partial charge in [-0.2, -0.15) is 0 Å². The van der Waals surface area contributed by atoms with Crippen LogP contribution in [0.1, 0.15) is 10.4 Å². The number of anilines is 1. The molecule has 0 radical (unpaired) electrons. The average molecular weight is 569 g/mol. The zero-order valence-corrected chi connectivity index (χ0v) is 19.3. The molecule has 30 heavy (non-hydrogen) atoms. The van der Waals surface area contributed by atoms with Gasteiger partial charge < -0.3 is 9.73 Å². The smallest absolute Gasteiger partial charge is 0.255 e. The maximum absolute atomic E-state index is 12.5. The first-order valence-corrected chi connectivity index (χ1v) is 11.1. The molecular weight excluding hydrogens is 555 g/mol. The second-order valence-corrected chi connectivity index (χ2v) is 8.90. The highest BCUT2D eigenvalue weighted by Crippen LogP contribution is 2.34. The fraction of sp³-hybridized carbons (Fsp3) is 0. The third-order valence-electron chi connectivity index (χ3n) is 4.85. The van der Waals surface area contributed by atoms with Crippen molar-refractivity contribution in [2.75, 3.05) is 5.32 Å². The van der Waals surface area contributed by atoms with E-state index in [2.05, 4.69) is 61.0 Å². The minimum absolute atomic E-state index is 0.159. The van der Waals surface area contributed by atoms with E-state index in [9.17, 15) is 4.79 Å². The number of amides is 1. The van der Waals surface area contributed by atoms with E-state index in [0.717, 1.165) is 24.4 Å². The molecular formula is C24H14BrIN2O2. The fourth-order valence-electron chi connectivity index (χ4n) is 3.38. The lowest BCUT2D eigenvalue weighted by Gasteiger charge is -2.05. The van der Waals surface area contributed by atoms with Crippen LogP contribution < -0.4 is 5.32 Å². The van der Waals surface area contributed by atoms with E-state index in [1.807, 2.05) is 66.7 Å². The van der Waals surface area contributed by atoms with Crippen molar-refractivity contribution < 1.29 is 9.21 Å². The van der Waals surface area contributed by atoms with Gasteiger partial charge in [-0.25, -0.2) is 4.98 Å². The molecule has 0 aliphatic carbocycles. The molecule has 0 bridgehead atoms. The molecule has 0 atom stereocenters. The van der Waals surface area contributed by atoms with Crippen LogP contribution in [0.3, 0.4) is 0 Å². The summed E-state index contributed by atoms with van der Waals surface area (Å²) >= 11 is 5.82. The summed E-state index contributed by atoms with van der Waals surface area (Å²) in [5, 5.41) is 5.09. The normalized spacial score (nSPS) is 11.1. The van der Waals surface area contributed by atoms with Gasteiger partial charge in [0.25, 0.3) is 5.91 Å². The van der Waals surface area contributed by atoms with Crippen LogP contribution in [0.2, 0.25) is 0 Å². The number of rotatable bonds is 3. The van der Waals surface area contributed by atoms with Gasteiger partial charge >= 0.3 is 0 Å². The van der Waals surface area contributed by atoms with Crippen molar-refractivity contribution >= 4 is 72.0 Å². The molecule has 1 heterocycles. The first-order chi connectivity index (χ1) is 14.6. The van der Waals surface area contributed by atoms with Gasteiger partial charge in [0.1, 0.15) is 5.52 Å². The third-order valence-corrected chi connectivity index (χ3v) is 6.26. The first-order valence-electron chi connectivity index (χ1n) is 9.23. The number of nitrogens with zero attached hydrogens (tertiary/aromatic N) is 1. The molecule has 0 fully saturated rings. The molecule has 1 amide bonds. The lowest BCUT2D eigenvalue weighted by atomic mass is 10.0. The molecule has 0 spiro atoms. The quantitative estimate of drug-likeness (QED) is 0.233. The summed E-state index contributed by atoms with van der Waals surface area (Å²) in [5.41, 5.74) is 3.57. The zero-order valence-electron chi connectivity index (χ0n) is 15.5. The minimum atomic E-state index is -0.159. The van der Waals surface area contributed by atoms with Gasteiger partial charge in [-0.3, -0.25) is 4.79 Å². The number of fused-ring (bicyclic) bond motifs is 2. The van der Waals surface area contributed by atoms with E-state index >= 15 is 0 Å². The van der Waals surface area contributed by atoms with Crippen molar-refractivity contribution in [1.29, 1.82) is 0 Å². The zero-order chi connectivity index (χ0) is 20.7. The summed E-state index contributed by atoms with van der Waals surface area (Å²) in [5.74, 6) is 0.392. The Kier molecular flexibility index (Phi) is 5.04. The predicted molar refractivity (Wildman–Crippen MR) is 132 cm³/mol. The van der Waals surface area contributed by atoms with Crippen LogP contribution in [-0.4, -0.2) is 10.9 Å². The Morgan fingerprint density at radius 3 is 2.53 bits per heavy atom. The molecule has 0 saturated carbocycles. The van der Waals surface area contributed by atoms with Gasteiger partial charge in [0, 0.05) is 24.9 Å². The largest absolute Gasteiger partial charge is 0.436 e. The van der Waals surface area contributed by atoms with Crippen LogP contribution in [0.25, 0.3) is 33.3 Å². The fourth-order valence-corrected chi connectivity index (χ4v) is 4.24. The molecule has 0 aliphatic rings. The Hall–Kier alpha value is -2.71. The van der Waals surface area contributed by atoms with Gasteiger partial charge in [0.05, 0.1) is 0 Å². The highest BCUT2D eigenvalue weighted by atomic mass is 127. The van der Waals surface area contributed by atoms with E-state index in [0.29, 0.717) is 28.2 Å². The molecule has 0 saturated heterocycles. The van der Waals surface area contributed by atoms with E-state index in [4.69, 9.17) is 4.42 Å². The summed E-state index contributed by atoms with van der Waals surface area (Å²) in [6, 6.07) is 25.0. The lowest BCUT2D eigenvalue weighted by molar-refractivity contribution is 0.102. The molecule has 5 aromatic rings. The van der Waals surface area contributed by atoms with E-state index in [1.54, 1.807) is 0 Å². The molecule has 1 aromatic heterocycles. The van der Waals surface area contributed by atoms with E-state index in [1.165, 1.54) is 0 Å². The number of halogens is 2. The maximum atomic E-state index is 12.5. The Morgan fingerprint density at radius 2 is 1.70 bits per heavy atom. The SMILES string of the molecule is O=C(Nc1ccc2oc(-c3cccc4c(Br)cccc34)nc2c1)c1ccc(I)cc1. The number of carbonyl (C=O) groups is 1. The van der Waals surface area contributed by atoms with Crippen molar-refractivity contribution in [3.63, 3.8) is 0 Å². The molecule has 146 valence electrons. The second kappa shape index (κ2) is 7.85. The molecule has 6 heteroatoms. The monoisotopic (exact) mass is 568 g/mol. The summed E-state index contributed by atoms with van der Waals surface area (Å²) in [6.45, 7) is 0. The Labute approximate surface area is 194 Å². The summed E-state index contributed by atoms with van der Waals surface area (Å²) in [7, 11) is 0. The highest BCUT2D eigenvalue weighted by molar-refractivity contribution is 14.1. The number of hydrogen-bond donors (Lipinski definition) is 1. The molecule has 0 aliphatic heterocycles. The van der Waals surface area contributed by atoms with E-state index < -0.39 is 0 Å². The highest BCUT2D eigenvalue weighted by Gasteiger charge is 2.13. The standard InChI is InChI=1S/C24H14BrIN2O2/c25-20-6-2-3-17-18(20)4-1-5-19(17)24-28-21-13-16(11-12-22(21)30-24)27-23(29)14-7-9-15(26)10-8-14/h1-13H,(H,27,29). The van der Waals surface area contributed by atoms with Gasteiger partial charge in [-0.15, -0.1) is 0 Å². The molecule has 5 rings (SSSR count). The molecule has 1 N–H and O–H groups in total. The molecule has 4 aromatic carbocycles. The van der Waals surface area contributed by atoms with Crippen molar-refractivity contribution in [3.8, 4) is 11.5 Å².